The lowest BCUT2D eigenvalue weighted by molar-refractivity contribution is -0.128. The van der Waals surface area contributed by atoms with Gasteiger partial charge in [0.1, 0.15) is 0 Å². The van der Waals surface area contributed by atoms with Gasteiger partial charge in [-0.05, 0) is 35.0 Å². The predicted octanol–water partition coefficient (Wildman–Crippen LogP) is 5.83. The molecule has 2 rings (SSSR count). The Morgan fingerprint density at radius 2 is 1.12 bits per heavy atom. The van der Waals surface area contributed by atoms with Gasteiger partial charge >= 0.3 is 12.4 Å². The monoisotopic (exact) mass is 378 g/mol. The number of thioether (sulfide) groups is 1. The van der Waals surface area contributed by atoms with Crippen molar-refractivity contribution in [3.63, 3.8) is 0 Å². The zero-order chi connectivity index (χ0) is 18.7. The molecule has 0 radical (unpaired) electrons. The Balaban J connectivity index is 1.99. The van der Waals surface area contributed by atoms with Gasteiger partial charge in [0.15, 0.2) is 0 Å². The van der Waals surface area contributed by atoms with Crippen molar-refractivity contribution < 1.29 is 31.1 Å². The molecule has 1 nitrogen and oxygen atoms in total. The number of hydrogen-bond donors (Lipinski definition) is 0. The summed E-state index contributed by atoms with van der Waals surface area (Å²) in [5, 5.41) is -0.401. The number of benzene rings is 2. The number of hydrogen-bond acceptors (Lipinski definition) is 2. The van der Waals surface area contributed by atoms with E-state index in [0.29, 0.717) is 4.90 Å². The van der Waals surface area contributed by atoms with Gasteiger partial charge in [0.25, 0.3) is 0 Å². The first-order chi connectivity index (χ1) is 11.5. The molecule has 25 heavy (non-hydrogen) atoms. The molecule has 0 atom stereocenters. The Kier molecular flexibility index (Phi) is 5.82. The van der Waals surface area contributed by atoms with Crippen LogP contribution in [0.1, 0.15) is 21.5 Å². The highest BCUT2D eigenvalue weighted by molar-refractivity contribution is 8.14. The molecule has 0 aromatic heterocycles. The zero-order valence-electron chi connectivity index (χ0n) is 12.6. The summed E-state index contributed by atoms with van der Waals surface area (Å²) in [6.45, 7) is 0. The molecule has 2 aromatic carbocycles. The van der Waals surface area contributed by atoms with Gasteiger partial charge in [0.2, 0.25) is 5.12 Å². The molecular weight excluding hydrogens is 366 g/mol. The van der Waals surface area contributed by atoms with Crippen LogP contribution in [-0.2, 0) is 12.8 Å². The Bertz CT molecular complexity index is 717. The summed E-state index contributed by atoms with van der Waals surface area (Å²) in [5.74, 6) is 0. The van der Waals surface area contributed by atoms with Crippen molar-refractivity contribution in [1.29, 1.82) is 0 Å². The van der Waals surface area contributed by atoms with Crippen LogP contribution in [0.3, 0.4) is 0 Å². The smallest absolute Gasteiger partial charge is 0.281 e. The van der Waals surface area contributed by atoms with Crippen LogP contribution in [0.4, 0.5) is 26.3 Å². The van der Waals surface area contributed by atoms with Crippen LogP contribution in [0, 0.1) is 0 Å². The topological polar surface area (TPSA) is 17.1 Å². The van der Waals surface area contributed by atoms with Crippen molar-refractivity contribution in [1.82, 2.24) is 0 Å². The average Bonchev–Trinajstić information content (AvgIpc) is 2.47. The summed E-state index contributed by atoms with van der Waals surface area (Å²) in [5.41, 5.74) is 0.349. The van der Waals surface area contributed by atoms with Crippen LogP contribution in [0.2, 0.25) is 0 Å². The van der Waals surface area contributed by atoms with Gasteiger partial charge in [0.05, 0.1) is 12.8 Å². The molecule has 8 heteroatoms. The molecule has 0 aliphatic carbocycles. The maximum absolute atomic E-state index is 12.3. The number of halogens is 6. The molecule has 0 unspecified atom stereocenters. The van der Waals surface area contributed by atoms with Gasteiger partial charge < -0.3 is 0 Å². The average molecular weight is 378 g/mol. The van der Waals surface area contributed by atoms with Crippen molar-refractivity contribution in [2.75, 3.05) is 0 Å². The van der Waals surface area contributed by atoms with E-state index in [9.17, 15) is 31.1 Å². The van der Waals surface area contributed by atoms with Gasteiger partial charge in [-0.3, -0.25) is 4.79 Å². The van der Waals surface area contributed by atoms with E-state index in [1.807, 2.05) is 0 Å². The molecule has 2 aromatic rings. The molecule has 0 fully saturated rings. The van der Waals surface area contributed by atoms with E-state index in [4.69, 9.17) is 0 Å². The normalized spacial score (nSPS) is 12.2. The van der Waals surface area contributed by atoms with Crippen LogP contribution >= 0.6 is 11.8 Å². The van der Waals surface area contributed by atoms with Gasteiger partial charge in [-0.25, -0.2) is 0 Å². The lowest BCUT2D eigenvalue weighted by Crippen LogP contribution is -2.11. The molecule has 0 aliphatic heterocycles. The fourth-order valence-electron chi connectivity index (χ4n) is 2.06. The largest absolute Gasteiger partial charge is 0.393 e. The van der Waals surface area contributed by atoms with Crippen molar-refractivity contribution in [3.05, 3.63) is 65.2 Å². The Labute approximate surface area is 144 Å². The Morgan fingerprint density at radius 3 is 1.52 bits per heavy atom. The summed E-state index contributed by atoms with van der Waals surface area (Å²) in [4.78, 5) is 12.5. The molecule has 0 saturated heterocycles. The zero-order valence-corrected chi connectivity index (χ0v) is 13.4. The second-order valence-electron chi connectivity index (χ2n) is 5.31. The minimum atomic E-state index is -4.32. The minimum Gasteiger partial charge on any atom is -0.281 e. The lowest BCUT2D eigenvalue weighted by atomic mass is 10.1. The maximum Gasteiger partial charge on any atom is 0.393 e. The van der Waals surface area contributed by atoms with Gasteiger partial charge in [-0.2, -0.15) is 26.3 Å². The molecule has 0 aliphatic rings. The second-order valence-corrected chi connectivity index (χ2v) is 6.36. The molecule has 0 bridgehead atoms. The minimum absolute atomic E-state index is 0.0468. The third-order valence-corrected chi connectivity index (χ3v) is 4.06. The number of carbonyl (C=O) groups is 1. The molecule has 0 N–H and O–H groups in total. The summed E-state index contributed by atoms with van der Waals surface area (Å²) < 4.78 is 73.7. The SMILES string of the molecule is O=C(Sc1ccc(CC(F)(F)F)cc1)c1ccc(CC(F)(F)F)cc1. The maximum atomic E-state index is 12.3. The Morgan fingerprint density at radius 1 is 0.720 bits per heavy atom. The standard InChI is InChI=1S/C17H12F6OS/c18-16(19,20)9-11-1-5-13(6-2-11)15(24)25-14-7-3-12(4-8-14)10-17(21,22)23/h1-8H,9-10H2. The van der Waals surface area contributed by atoms with E-state index >= 15 is 0 Å². The number of alkyl halides is 6. The summed E-state index contributed by atoms with van der Waals surface area (Å²) >= 11 is 0.800. The van der Waals surface area contributed by atoms with Crippen molar-refractivity contribution in [3.8, 4) is 0 Å². The van der Waals surface area contributed by atoms with Crippen LogP contribution in [-0.4, -0.2) is 17.5 Å². The molecule has 134 valence electrons. The Hall–Kier alpha value is -1.96. The van der Waals surface area contributed by atoms with Gasteiger partial charge in [0, 0.05) is 10.5 Å². The van der Waals surface area contributed by atoms with E-state index in [1.165, 1.54) is 48.5 Å². The van der Waals surface area contributed by atoms with Crippen molar-refractivity contribution >= 4 is 16.9 Å². The van der Waals surface area contributed by atoms with Crippen molar-refractivity contribution in [2.45, 2.75) is 30.1 Å². The molecular formula is C17H12F6OS. The highest BCUT2D eigenvalue weighted by atomic mass is 32.2. The second kappa shape index (κ2) is 7.51. The highest BCUT2D eigenvalue weighted by Crippen LogP contribution is 2.27. The van der Waals surface area contributed by atoms with Crippen LogP contribution < -0.4 is 0 Å². The van der Waals surface area contributed by atoms with Crippen LogP contribution in [0.25, 0.3) is 0 Å². The first-order valence-corrected chi connectivity index (χ1v) is 7.87. The van der Waals surface area contributed by atoms with E-state index in [-0.39, 0.29) is 16.7 Å². The molecule has 0 saturated carbocycles. The number of rotatable bonds is 4. The van der Waals surface area contributed by atoms with E-state index in [0.717, 1.165) is 11.8 Å². The predicted molar refractivity (Wildman–Crippen MR) is 82.6 cm³/mol. The number of carbonyl (C=O) groups excluding carboxylic acids is 1. The third-order valence-electron chi connectivity index (χ3n) is 3.13. The highest BCUT2D eigenvalue weighted by Gasteiger charge is 2.28. The third kappa shape index (κ3) is 6.81. The van der Waals surface area contributed by atoms with E-state index in [1.54, 1.807) is 0 Å². The van der Waals surface area contributed by atoms with Crippen LogP contribution in [0.15, 0.2) is 53.4 Å². The van der Waals surface area contributed by atoms with E-state index in [2.05, 4.69) is 0 Å². The lowest BCUT2D eigenvalue weighted by Gasteiger charge is -2.08. The molecule has 0 heterocycles. The van der Waals surface area contributed by atoms with E-state index < -0.39 is 30.3 Å². The summed E-state index contributed by atoms with van der Waals surface area (Å²) in [6.07, 6.45) is -10.7. The van der Waals surface area contributed by atoms with Gasteiger partial charge in [-0.15, -0.1) is 0 Å². The van der Waals surface area contributed by atoms with Crippen molar-refractivity contribution in [2.24, 2.45) is 0 Å². The summed E-state index contributed by atoms with van der Waals surface area (Å²) in [7, 11) is 0. The summed E-state index contributed by atoms with van der Waals surface area (Å²) in [6, 6.07) is 10.4. The molecule has 0 spiro atoms. The van der Waals surface area contributed by atoms with Gasteiger partial charge in [-0.1, -0.05) is 36.4 Å². The van der Waals surface area contributed by atoms with Crippen LogP contribution in [0.5, 0.6) is 0 Å². The quantitative estimate of drug-likeness (QED) is 0.492. The molecule has 0 amide bonds. The first kappa shape index (κ1) is 19.4. The fourth-order valence-corrected chi connectivity index (χ4v) is 2.80. The fraction of sp³-hybridized carbons (Fsp3) is 0.235. The first-order valence-electron chi connectivity index (χ1n) is 7.05.